The zero-order valence-electron chi connectivity index (χ0n) is 18.0. The summed E-state index contributed by atoms with van der Waals surface area (Å²) in [4.78, 5) is 19.5. The molecule has 1 atom stereocenters. The number of primary sulfonamides is 1. The van der Waals surface area contributed by atoms with Crippen LogP contribution >= 0.6 is 0 Å². The number of hydrogen-bond donors (Lipinski definition) is 3. The van der Waals surface area contributed by atoms with Gasteiger partial charge >= 0.3 is 12.3 Å². The fourth-order valence-corrected chi connectivity index (χ4v) is 4.03. The van der Waals surface area contributed by atoms with E-state index < -0.39 is 40.6 Å². The number of sulfonamides is 1. The summed E-state index contributed by atoms with van der Waals surface area (Å²) in [7, 11) is -4.02. The van der Waals surface area contributed by atoms with E-state index in [9.17, 15) is 30.8 Å². The van der Waals surface area contributed by atoms with Gasteiger partial charge in [-0.3, -0.25) is 0 Å². The predicted molar refractivity (Wildman–Crippen MR) is 113 cm³/mol. The van der Waals surface area contributed by atoms with E-state index in [0.29, 0.717) is 0 Å². The van der Waals surface area contributed by atoms with Crippen molar-refractivity contribution < 1.29 is 35.5 Å². The van der Waals surface area contributed by atoms with Gasteiger partial charge in [0.15, 0.2) is 0 Å². The quantitative estimate of drug-likeness (QED) is 0.467. The van der Waals surface area contributed by atoms with Crippen molar-refractivity contribution in [3.05, 3.63) is 42.0 Å². The Labute approximate surface area is 193 Å². The molecule has 1 aliphatic rings. The fraction of sp³-hybridized carbons (Fsp3) is 0.450. The first kappa shape index (κ1) is 25.6. The van der Waals surface area contributed by atoms with E-state index in [0.717, 1.165) is 30.5 Å². The van der Waals surface area contributed by atoms with Gasteiger partial charge in [0.2, 0.25) is 16.0 Å². The molecule has 1 fully saturated rings. The Balaban J connectivity index is 1.44. The second kappa shape index (κ2) is 10.1. The van der Waals surface area contributed by atoms with Crippen LogP contribution in [0.2, 0.25) is 0 Å². The summed E-state index contributed by atoms with van der Waals surface area (Å²) < 4.78 is 78.2. The van der Waals surface area contributed by atoms with Crippen molar-refractivity contribution in [2.45, 2.75) is 49.3 Å². The minimum Gasteiger partial charge on any atom is -0.446 e. The summed E-state index contributed by atoms with van der Waals surface area (Å²) in [6.07, 6.45) is -3.16. The molecule has 34 heavy (non-hydrogen) atoms. The first-order valence-corrected chi connectivity index (χ1v) is 11.8. The van der Waals surface area contributed by atoms with Crippen molar-refractivity contribution in [3.63, 3.8) is 0 Å². The maximum Gasteiger partial charge on any atom is 0.407 e. The number of alkyl carbamates (subject to hydrolysis) is 1. The molecular weight excluding hydrogens is 482 g/mol. The highest BCUT2D eigenvalue weighted by Gasteiger charge is 2.33. The van der Waals surface area contributed by atoms with Crippen LogP contribution in [-0.2, 0) is 14.8 Å². The first-order valence-electron chi connectivity index (χ1n) is 10.2. The van der Waals surface area contributed by atoms with Crippen LogP contribution in [0, 0.1) is 11.7 Å². The number of nitrogens with two attached hydrogens (primary N) is 1. The number of aromatic nitrogens is 2. The Morgan fingerprint density at radius 2 is 1.91 bits per heavy atom. The number of carbonyl (C=O) groups is 1. The van der Waals surface area contributed by atoms with Crippen LogP contribution < -0.4 is 15.8 Å². The topological polar surface area (TPSA) is 136 Å². The van der Waals surface area contributed by atoms with Crippen LogP contribution in [0.5, 0.6) is 0 Å². The molecule has 186 valence electrons. The van der Waals surface area contributed by atoms with Crippen molar-refractivity contribution in [2.24, 2.45) is 11.1 Å². The van der Waals surface area contributed by atoms with E-state index in [2.05, 4.69) is 20.6 Å². The highest BCUT2D eigenvalue weighted by Crippen LogP contribution is 2.41. The molecule has 3 rings (SSSR count). The summed E-state index contributed by atoms with van der Waals surface area (Å²) in [5.41, 5.74) is 0.819. The van der Waals surface area contributed by atoms with Crippen molar-refractivity contribution in [1.82, 2.24) is 15.3 Å². The molecule has 1 aromatic carbocycles. The normalized spacial score (nSPS) is 19.1. The second-order valence-corrected chi connectivity index (χ2v) is 9.66. The Morgan fingerprint density at radius 3 is 2.47 bits per heavy atom. The third-order valence-electron chi connectivity index (χ3n) is 5.26. The largest absolute Gasteiger partial charge is 0.446 e. The van der Waals surface area contributed by atoms with E-state index in [1.807, 2.05) is 0 Å². The van der Waals surface area contributed by atoms with Crippen LogP contribution in [0.3, 0.4) is 0 Å². The first-order chi connectivity index (χ1) is 15.8. The Bertz CT molecular complexity index is 1120. The van der Waals surface area contributed by atoms with Crippen molar-refractivity contribution in [2.75, 3.05) is 11.9 Å². The van der Waals surface area contributed by atoms with E-state index in [1.54, 1.807) is 12.4 Å². The molecule has 0 saturated heterocycles. The average molecular weight is 505 g/mol. The second-order valence-electron chi connectivity index (χ2n) is 8.10. The number of anilines is 2. The molecule has 9 nitrogen and oxygen atoms in total. The number of rotatable bonds is 8. The third-order valence-corrected chi connectivity index (χ3v) is 6.17. The molecule has 1 heterocycles. The van der Waals surface area contributed by atoms with Gasteiger partial charge in [0.1, 0.15) is 11.9 Å². The number of carbonyl (C=O) groups excluding carboxylic acids is 1. The van der Waals surface area contributed by atoms with Crippen LogP contribution in [0.1, 0.15) is 37.7 Å². The van der Waals surface area contributed by atoms with Crippen molar-refractivity contribution in [1.29, 1.82) is 0 Å². The lowest BCUT2D eigenvalue weighted by atomic mass is 9.72. The van der Waals surface area contributed by atoms with E-state index in [1.165, 1.54) is 13.0 Å². The highest BCUT2D eigenvalue weighted by molar-refractivity contribution is 7.89. The molecular formula is C20H23F4N5O4S. The molecule has 1 amide bonds. The summed E-state index contributed by atoms with van der Waals surface area (Å²) >= 11 is 0. The fourth-order valence-electron chi connectivity index (χ4n) is 3.50. The number of ether oxygens (including phenoxy) is 1. The molecule has 0 bridgehead atoms. The van der Waals surface area contributed by atoms with Crippen molar-refractivity contribution >= 4 is 27.8 Å². The minimum absolute atomic E-state index is 0.0219. The monoisotopic (exact) mass is 505 g/mol. The molecule has 14 heteroatoms. The van der Waals surface area contributed by atoms with Gasteiger partial charge in [-0.25, -0.2) is 32.7 Å². The molecule has 0 unspecified atom stereocenters. The molecule has 1 aliphatic carbocycles. The van der Waals surface area contributed by atoms with Gasteiger partial charge in [0, 0.05) is 18.9 Å². The number of halogens is 4. The summed E-state index contributed by atoms with van der Waals surface area (Å²) in [5, 5.41) is 10.1. The third kappa shape index (κ3) is 7.25. The predicted octanol–water partition coefficient (Wildman–Crippen LogP) is 3.57. The Morgan fingerprint density at radius 1 is 1.26 bits per heavy atom. The van der Waals surface area contributed by atoms with Crippen LogP contribution in [0.25, 0.3) is 0 Å². The smallest absolute Gasteiger partial charge is 0.407 e. The molecule has 1 aromatic heterocycles. The number of hydrogen-bond acceptors (Lipinski definition) is 7. The van der Waals surface area contributed by atoms with Crippen LogP contribution in [0.15, 0.2) is 35.5 Å². The van der Waals surface area contributed by atoms with Crippen molar-refractivity contribution in [3.8, 4) is 0 Å². The van der Waals surface area contributed by atoms with Gasteiger partial charge in [-0.15, -0.1) is 0 Å². The van der Waals surface area contributed by atoms with Gasteiger partial charge in [0.05, 0.1) is 17.0 Å². The van der Waals surface area contributed by atoms with E-state index in [4.69, 9.17) is 9.88 Å². The minimum atomic E-state index is -4.40. The average Bonchev–Trinajstić information content (AvgIpc) is 2.67. The number of nitrogens with zero attached hydrogens (tertiary/aromatic N) is 2. The number of alkyl halides is 3. The zero-order chi connectivity index (χ0) is 25.1. The maximum atomic E-state index is 14.1. The van der Waals surface area contributed by atoms with E-state index in [-0.39, 0.29) is 34.9 Å². The van der Waals surface area contributed by atoms with Gasteiger partial charge in [-0.1, -0.05) is 0 Å². The molecule has 1 saturated carbocycles. The SMILES string of the molecule is C[C@@H](CC(F)(F)F)OC(=O)NCC1CC(c2cnc(Nc3ccc(S(N)(=O)=O)cc3F)nc2)C1. The summed E-state index contributed by atoms with van der Waals surface area (Å²) in [5.74, 6) is -0.439. The Kier molecular flexibility index (Phi) is 7.60. The lowest BCUT2D eigenvalue weighted by Crippen LogP contribution is -2.37. The standard InChI is InChI=1S/C20H23F4N5O4S/c1-11(7-20(22,23)24)33-19(30)28-8-12-4-13(5-12)14-9-26-18(27-10-14)29-17-3-2-15(6-16(17)21)34(25,31)32/h2-3,6,9-13H,4-5,7-8H2,1H3,(H,28,30)(H2,25,31,32)(H,26,27,29)/t11-,12?,13?/m0/s1. The number of amides is 1. The summed E-state index contributed by atoms with van der Waals surface area (Å²) in [6.45, 7) is 1.46. The van der Waals surface area contributed by atoms with Gasteiger partial charge in [-0.05, 0) is 55.4 Å². The number of benzene rings is 1. The maximum absolute atomic E-state index is 14.1. The van der Waals surface area contributed by atoms with Gasteiger partial charge in [0.25, 0.3) is 0 Å². The number of nitrogens with one attached hydrogen (secondary N) is 2. The van der Waals surface area contributed by atoms with Crippen LogP contribution in [0.4, 0.5) is 34.0 Å². The molecule has 0 spiro atoms. The van der Waals surface area contributed by atoms with Gasteiger partial charge in [-0.2, -0.15) is 13.2 Å². The zero-order valence-corrected chi connectivity index (χ0v) is 18.8. The van der Waals surface area contributed by atoms with Gasteiger partial charge < -0.3 is 15.4 Å². The summed E-state index contributed by atoms with van der Waals surface area (Å²) in [6, 6.07) is 3.16. The highest BCUT2D eigenvalue weighted by atomic mass is 32.2. The lowest BCUT2D eigenvalue weighted by molar-refractivity contribution is -0.151. The molecule has 0 radical (unpaired) electrons. The Hall–Kier alpha value is -3.00. The van der Waals surface area contributed by atoms with Crippen LogP contribution in [-0.4, -0.2) is 43.3 Å². The molecule has 0 aliphatic heterocycles. The van der Waals surface area contributed by atoms with E-state index >= 15 is 0 Å². The molecule has 4 N–H and O–H groups in total. The molecule has 2 aromatic rings. The lowest BCUT2D eigenvalue weighted by Gasteiger charge is -2.35.